The van der Waals surface area contributed by atoms with E-state index in [2.05, 4.69) is 5.32 Å². The van der Waals surface area contributed by atoms with E-state index in [9.17, 15) is 4.79 Å². The minimum Gasteiger partial charge on any atom is -0.396 e. The fourth-order valence-electron chi connectivity index (χ4n) is 0.546. The fourth-order valence-corrected chi connectivity index (χ4v) is 0.546. The van der Waals surface area contributed by atoms with Gasteiger partial charge in [-0.1, -0.05) is 48.5 Å². The number of hydrogen-bond acceptors (Lipinski definition) is 2. The lowest BCUT2D eigenvalue weighted by molar-refractivity contribution is -0.128. The highest BCUT2D eigenvalue weighted by molar-refractivity contribution is 5.81. The van der Waals surface area contributed by atoms with Crippen LogP contribution < -0.4 is 5.32 Å². The Balaban J connectivity index is -0.000000318. The molecule has 0 aromatic heterocycles. The van der Waals surface area contributed by atoms with Gasteiger partial charge >= 0.3 is 0 Å². The van der Waals surface area contributed by atoms with E-state index >= 15 is 0 Å². The Morgan fingerprint density at radius 1 is 1.13 bits per heavy atom. The summed E-state index contributed by atoms with van der Waals surface area (Å²) in [5.74, 6) is 0.0333. The molecule has 0 heterocycles. The molecule has 0 radical (unpaired) electrons. The lowest BCUT2D eigenvalue weighted by atomic mass is 9.96. The molecule has 0 aliphatic carbocycles. The summed E-state index contributed by atoms with van der Waals surface area (Å²) in [4.78, 5) is 11.1. The molecule has 0 unspecified atom stereocenters. The van der Waals surface area contributed by atoms with Crippen molar-refractivity contribution >= 4 is 5.91 Å². The Morgan fingerprint density at radius 3 is 1.80 bits per heavy atom. The highest BCUT2D eigenvalue weighted by atomic mass is 16.3. The van der Waals surface area contributed by atoms with Crippen LogP contribution in [0.5, 0.6) is 0 Å². The van der Waals surface area contributed by atoms with Crippen LogP contribution in [-0.4, -0.2) is 24.2 Å². The summed E-state index contributed by atoms with van der Waals surface area (Å²) in [5, 5.41) is 11.2. The van der Waals surface area contributed by atoms with Gasteiger partial charge in [0.25, 0.3) is 0 Å². The van der Waals surface area contributed by atoms with Gasteiger partial charge in [0.15, 0.2) is 0 Å². The number of carbonyl (C=O) groups excluding carboxylic acids is 1. The predicted molar refractivity (Wildman–Crippen MR) is 66.9 cm³/mol. The molecule has 1 amide bonds. The third-order valence-corrected chi connectivity index (χ3v) is 1.30. The second-order valence-corrected chi connectivity index (χ2v) is 3.58. The van der Waals surface area contributed by atoms with E-state index in [1.54, 1.807) is 0 Å². The van der Waals surface area contributed by atoms with Crippen molar-refractivity contribution in [2.24, 2.45) is 5.41 Å². The van der Waals surface area contributed by atoms with Gasteiger partial charge in [-0.25, -0.2) is 0 Å². The molecule has 0 rings (SSSR count). The van der Waals surface area contributed by atoms with Crippen molar-refractivity contribution in [3.05, 3.63) is 0 Å². The summed E-state index contributed by atoms with van der Waals surface area (Å²) in [6.45, 7) is 14.3. The molecule has 15 heavy (non-hydrogen) atoms. The maximum absolute atomic E-state index is 11.1. The van der Waals surface area contributed by atoms with Gasteiger partial charge in [-0.05, 0) is 6.42 Å². The minimum absolute atomic E-state index is 0.0333. The summed E-state index contributed by atoms with van der Waals surface area (Å²) in [7, 11) is 0. The first kappa shape index (κ1) is 19.9. The normalized spacial score (nSPS) is 9.07. The second kappa shape index (κ2) is 13.4. The van der Waals surface area contributed by atoms with E-state index in [1.165, 1.54) is 0 Å². The standard InChI is InChI=1S/C8H17NO2.2C2H6/c1-8(2,3)7(11)9-5-4-6-10;2*1-2/h10H,4-6H2,1-3H3,(H,9,11);2*1-2H3. The maximum Gasteiger partial charge on any atom is 0.225 e. The van der Waals surface area contributed by atoms with Crippen LogP contribution in [0.25, 0.3) is 0 Å². The molecule has 0 bridgehead atoms. The molecule has 0 aliphatic rings. The SMILES string of the molecule is CC.CC.CC(C)(C)C(=O)NCCCO. The maximum atomic E-state index is 11.1. The Kier molecular flexibility index (Phi) is 17.8. The number of amides is 1. The van der Waals surface area contributed by atoms with Gasteiger partial charge in [0.1, 0.15) is 0 Å². The first-order chi connectivity index (χ1) is 6.98. The molecule has 0 aromatic carbocycles. The molecule has 0 aromatic rings. The Hall–Kier alpha value is -0.570. The largest absolute Gasteiger partial charge is 0.396 e. The first-order valence-electron chi connectivity index (χ1n) is 5.87. The van der Waals surface area contributed by atoms with E-state index in [-0.39, 0.29) is 17.9 Å². The van der Waals surface area contributed by atoms with Crippen LogP contribution in [0.3, 0.4) is 0 Å². The first-order valence-corrected chi connectivity index (χ1v) is 5.87. The number of carbonyl (C=O) groups is 1. The molecule has 0 aliphatic heterocycles. The van der Waals surface area contributed by atoms with Crippen molar-refractivity contribution in [3.63, 3.8) is 0 Å². The lowest BCUT2D eigenvalue weighted by Crippen LogP contribution is -2.35. The predicted octanol–water partition coefficient (Wildman–Crippen LogP) is 2.58. The molecule has 2 N–H and O–H groups in total. The van der Waals surface area contributed by atoms with E-state index in [1.807, 2.05) is 48.5 Å². The smallest absolute Gasteiger partial charge is 0.225 e. The van der Waals surface area contributed by atoms with Crippen LogP contribution in [0.15, 0.2) is 0 Å². The molecule has 0 saturated heterocycles. The summed E-state index contributed by atoms with van der Waals surface area (Å²) >= 11 is 0. The minimum atomic E-state index is -0.324. The zero-order valence-electron chi connectivity index (χ0n) is 11.5. The number of hydrogen-bond donors (Lipinski definition) is 2. The van der Waals surface area contributed by atoms with E-state index in [4.69, 9.17) is 5.11 Å². The topological polar surface area (TPSA) is 49.3 Å². The van der Waals surface area contributed by atoms with Crippen molar-refractivity contribution in [1.82, 2.24) is 5.32 Å². The van der Waals surface area contributed by atoms with Crippen molar-refractivity contribution in [2.75, 3.05) is 13.2 Å². The molecule has 0 spiro atoms. The number of aliphatic hydroxyl groups is 1. The van der Waals surface area contributed by atoms with E-state index in [0.717, 1.165) is 0 Å². The van der Waals surface area contributed by atoms with Crippen LogP contribution in [0, 0.1) is 5.41 Å². The van der Waals surface area contributed by atoms with Gasteiger partial charge < -0.3 is 10.4 Å². The van der Waals surface area contributed by atoms with Gasteiger partial charge in [0.2, 0.25) is 5.91 Å². The van der Waals surface area contributed by atoms with Crippen LogP contribution in [0.2, 0.25) is 0 Å². The summed E-state index contributed by atoms with van der Waals surface area (Å²) in [6.07, 6.45) is 0.627. The molecule has 3 heteroatoms. The molecule has 0 atom stereocenters. The summed E-state index contributed by atoms with van der Waals surface area (Å²) in [5.41, 5.74) is -0.324. The van der Waals surface area contributed by atoms with Crippen LogP contribution in [0.4, 0.5) is 0 Å². The molecule has 0 fully saturated rings. The molecule has 3 nitrogen and oxygen atoms in total. The van der Waals surface area contributed by atoms with Crippen LogP contribution in [-0.2, 0) is 4.79 Å². The fraction of sp³-hybridized carbons (Fsp3) is 0.917. The number of nitrogens with one attached hydrogen (secondary N) is 1. The Bertz CT molecular complexity index is 128. The van der Waals surface area contributed by atoms with E-state index in [0.29, 0.717) is 13.0 Å². The van der Waals surface area contributed by atoms with Crippen molar-refractivity contribution in [2.45, 2.75) is 54.9 Å². The average Bonchev–Trinajstić information content (AvgIpc) is 2.23. The van der Waals surface area contributed by atoms with Gasteiger partial charge in [0, 0.05) is 18.6 Å². The van der Waals surface area contributed by atoms with Crippen LogP contribution >= 0.6 is 0 Å². The zero-order valence-corrected chi connectivity index (χ0v) is 11.5. The van der Waals surface area contributed by atoms with Crippen molar-refractivity contribution in [1.29, 1.82) is 0 Å². The Morgan fingerprint density at radius 2 is 1.53 bits per heavy atom. The quantitative estimate of drug-likeness (QED) is 0.717. The molecule has 0 saturated carbocycles. The van der Waals surface area contributed by atoms with Crippen molar-refractivity contribution < 1.29 is 9.90 Å². The van der Waals surface area contributed by atoms with Crippen molar-refractivity contribution in [3.8, 4) is 0 Å². The second-order valence-electron chi connectivity index (χ2n) is 3.58. The summed E-state index contributed by atoms with van der Waals surface area (Å²) in [6, 6.07) is 0. The van der Waals surface area contributed by atoms with Crippen LogP contribution in [0.1, 0.15) is 54.9 Å². The zero-order chi connectivity index (χ0) is 12.9. The van der Waals surface area contributed by atoms with Gasteiger partial charge in [0.05, 0.1) is 0 Å². The lowest BCUT2D eigenvalue weighted by Gasteiger charge is -2.17. The number of aliphatic hydroxyl groups excluding tert-OH is 1. The third-order valence-electron chi connectivity index (χ3n) is 1.30. The Labute approximate surface area is 95.3 Å². The van der Waals surface area contributed by atoms with E-state index < -0.39 is 0 Å². The molecule has 94 valence electrons. The van der Waals surface area contributed by atoms with Gasteiger partial charge in [-0.3, -0.25) is 4.79 Å². The average molecular weight is 219 g/mol. The summed E-state index contributed by atoms with van der Waals surface area (Å²) < 4.78 is 0. The number of rotatable bonds is 3. The molecular formula is C12H29NO2. The monoisotopic (exact) mass is 219 g/mol. The third kappa shape index (κ3) is 16.1. The molecular weight excluding hydrogens is 190 g/mol. The highest BCUT2D eigenvalue weighted by Crippen LogP contribution is 2.11. The highest BCUT2D eigenvalue weighted by Gasteiger charge is 2.19. The van der Waals surface area contributed by atoms with Gasteiger partial charge in [-0.2, -0.15) is 0 Å². The van der Waals surface area contributed by atoms with Gasteiger partial charge in [-0.15, -0.1) is 0 Å².